The van der Waals surface area contributed by atoms with Crippen LogP contribution in [0.4, 0.5) is 0 Å². The molecule has 0 aliphatic heterocycles. The highest BCUT2D eigenvalue weighted by atomic mass is 35.5. The van der Waals surface area contributed by atoms with Gasteiger partial charge in [-0.2, -0.15) is 0 Å². The molecule has 0 amide bonds. The predicted molar refractivity (Wildman–Crippen MR) is 75.0 cm³/mol. The number of ether oxygens (including phenoxy) is 1. The maximum absolute atomic E-state index is 10.1. The molecule has 4 heteroatoms. The Morgan fingerprint density at radius 3 is 2.56 bits per heavy atom. The van der Waals surface area contributed by atoms with Gasteiger partial charge in [-0.15, -0.1) is 0 Å². The summed E-state index contributed by atoms with van der Waals surface area (Å²) in [6.45, 7) is 4.25. The molecule has 0 bridgehead atoms. The SMILES string of the molecule is COc1ccc(Cl)cc1[C@H](N)[C@H](O)CCC(C)C. The summed E-state index contributed by atoms with van der Waals surface area (Å²) in [5, 5.41) is 10.7. The average molecular weight is 272 g/mol. The summed E-state index contributed by atoms with van der Waals surface area (Å²) in [6.07, 6.45) is 1.03. The van der Waals surface area contributed by atoms with Crippen molar-refractivity contribution in [3.8, 4) is 5.75 Å². The van der Waals surface area contributed by atoms with Crippen molar-refractivity contribution in [3.63, 3.8) is 0 Å². The van der Waals surface area contributed by atoms with Gasteiger partial charge in [0, 0.05) is 10.6 Å². The molecule has 2 atom stereocenters. The second kappa shape index (κ2) is 6.98. The van der Waals surface area contributed by atoms with Gasteiger partial charge in [-0.05, 0) is 37.0 Å². The first-order chi connectivity index (χ1) is 8.45. The van der Waals surface area contributed by atoms with Gasteiger partial charge in [0.1, 0.15) is 5.75 Å². The van der Waals surface area contributed by atoms with Crippen molar-refractivity contribution in [2.75, 3.05) is 7.11 Å². The second-order valence-electron chi connectivity index (χ2n) is 4.95. The summed E-state index contributed by atoms with van der Waals surface area (Å²) < 4.78 is 5.25. The minimum atomic E-state index is -0.584. The van der Waals surface area contributed by atoms with Gasteiger partial charge in [0.25, 0.3) is 0 Å². The van der Waals surface area contributed by atoms with E-state index in [9.17, 15) is 5.11 Å². The fourth-order valence-corrected chi connectivity index (χ4v) is 2.04. The Labute approximate surface area is 114 Å². The first-order valence-electron chi connectivity index (χ1n) is 6.22. The van der Waals surface area contributed by atoms with Crippen LogP contribution in [0.5, 0.6) is 5.75 Å². The number of methoxy groups -OCH3 is 1. The number of halogens is 1. The molecule has 0 saturated heterocycles. The van der Waals surface area contributed by atoms with E-state index >= 15 is 0 Å². The smallest absolute Gasteiger partial charge is 0.123 e. The summed E-state index contributed by atoms with van der Waals surface area (Å²) >= 11 is 5.96. The summed E-state index contributed by atoms with van der Waals surface area (Å²) in [5.41, 5.74) is 6.83. The number of aliphatic hydroxyl groups is 1. The fourth-order valence-electron chi connectivity index (χ4n) is 1.86. The van der Waals surface area contributed by atoms with E-state index < -0.39 is 12.1 Å². The Kier molecular flexibility index (Phi) is 5.93. The van der Waals surface area contributed by atoms with E-state index in [1.165, 1.54) is 0 Å². The Morgan fingerprint density at radius 2 is 2.00 bits per heavy atom. The lowest BCUT2D eigenvalue weighted by atomic mass is 9.95. The highest BCUT2D eigenvalue weighted by Gasteiger charge is 2.20. The first-order valence-corrected chi connectivity index (χ1v) is 6.60. The largest absolute Gasteiger partial charge is 0.496 e. The maximum atomic E-state index is 10.1. The first kappa shape index (κ1) is 15.3. The third-order valence-corrected chi connectivity index (χ3v) is 3.24. The van der Waals surface area contributed by atoms with Crippen LogP contribution >= 0.6 is 11.6 Å². The second-order valence-corrected chi connectivity index (χ2v) is 5.39. The molecular formula is C14H22ClNO2. The quantitative estimate of drug-likeness (QED) is 0.836. The van der Waals surface area contributed by atoms with Crippen LogP contribution in [0.2, 0.25) is 5.02 Å². The van der Waals surface area contributed by atoms with Gasteiger partial charge >= 0.3 is 0 Å². The molecule has 0 radical (unpaired) electrons. The van der Waals surface area contributed by atoms with Gasteiger partial charge < -0.3 is 15.6 Å². The molecule has 0 aliphatic carbocycles. The summed E-state index contributed by atoms with van der Waals surface area (Å²) in [6, 6.07) is 4.80. The van der Waals surface area contributed by atoms with E-state index in [4.69, 9.17) is 22.1 Å². The Hall–Kier alpha value is -0.770. The van der Waals surface area contributed by atoms with E-state index in [0.717, 1.165) is 12.0 Å². The van der Waals surface area contributed by atoms with Crippen molar-refractivity contribution < 1.29 is 9.84 Å². The zero-order valence-electron chi connectivity index (χ0n) is 11.2. The van der Waals surface area contributed by atoms with Crippen molar-refractivity contribution in [2.45, 2.75) is 38.8 Å². The normalized spacial score (nSPS) is 14.6. The lowest BCUT2D eigenvalue weighted by Crippen LogP contribution is -2.27. The summed E-state index contributed by atoms with van der Waals surface area (Å²) in [7, 11) is 1.58. The molecule has 0 heterocycles. The number of hydrogen-bond donors (Lipinski definition) is 2. The van der Waals surface area contributed by atoms with Gasteiger partial charge in [-0.3, -0.25) is 0 Å². The van der Waals surface area contributed by atoms with Crippen LogP contribution in [-0.4, -0.2) is 18.3 Å². The van der Waals surface area contributed by atoms with Crippen LogP contribution in [0, 0.1) is 5.92 Å². The number of rotatable bonds is 6. The standard InChI is InChI=1S/C14H22ClNO2/c1-9(2)4-6-12(17)14(16)11-8-10(15)5-7-13(11)18-3/h5,7-9,12,14,17H,4,6,16H2,1-3H3/t12-,14+/m1/s1. The van der Waals surface area contributed by atoms with Crippen LogP contribution in [0.3, 0.4) is 0 Å². The van der Waals surface area contributed by atoms with Crippen molar-refractivity contribution in [3.05, 3.63) is 28.8 Å². The van der Waals surface area contributed by atoms with Crippen LogP contribution in [0.1, 0.15) is 38.3 Å². The highest BCUT2D eigenvalue weighted by molar-refractivity contribution is 6.30. The molecule has 1 aromatic carbocycles. The third kappa shape index (κ3) is 4.16. The van der Waals surface area contributed by atoms with Crippen molar-refractivity contribution in [1.82, 2.24) is 0 Å². The average Bonchev–Trinajstić information content (AvgIpc) is 2.34. The van der Waals surface area contributed by atoms with Crippen molar-refractivity contribution in [1.29, 1.82) is 0 Å². The van der Waals surface area contributed by atoms with Crippen LogP contribution in [-0.2, 0) is 0 Å². The maximum Gasteiger partial charge on any atom is 0.123 e. The number of hydrogen-bond acceptors (Lipinski definition) is 3. The van der Waals surface area contributed by atoms with Crippen LogP contribution in [0.15, 0.2) is 18.2 Å². The van der Waals surface area contributed by atoms with Crippen molar-refractivity contribution in [2.24, 2.45) is 11.7 Å². The Bertz CT molecular complexity index is 382. The molecule has 3 N–H and O–H groups in total. The minimum Gasteiger partial charge on any atom is -0.496 e. The summed E-state index contributed by atoms with van der Waals surface area (Å²) in [5.74, 6) is 1.21. The lowest BCUT2D eigenvalue weighted by Gasteiger charge is -2.22. The fraction of sp³-hybridized carbons (Fsp3) is 0.571. The Balaban J connectivity index is 2.81. The molecule has 102 valence electrons. The minimum absolute atomic E-state index is 0.475. The monoisotopic (exact) mass is 271 g/mol. The molecule has 18 heavy (non-hydrogen) atoms. The van der Waals surface area contributed by atoms with E-state index in [1.54, 1.807) is 25.3 Å². The Morgan fingerprint density at radius 1 is 1.33 bits per heavy atom. The molecule has 0 unspecified atom stereocenters. The molecule has 1 aromatic rings. The van der Waals surface area contributed by atoms with E-state index in [-0.39, 0.29) is 0 Å². The van der Waals surface area contributed by atoms with E-state index in [0.29, 0.717) is 23.1 Å². The van der Waals surface area contributed by atoms with E-state index in [2.05, 4.69) is 13.8 Å². The zero-order valence-corrected chi connectivity index (χ0v) is 11.9. The lowest BCUT2D eigenvalue weighted by molar-refractivity contribution is 0.127. The van der Waals surface area contributed by atoms with Gasteiger partial charge in [0.05, 0.1) is 19.3 Å². The van der Waals surface area contributed by atoms with Gasteiger partial charge in [-0.25, -0.2) is 0 Å². The number of aliphatic hydroxyl groups excluding tert-OH is 1. The zero-order chi connectivity index (χ0) is 13.7. The highest BCUT2D eigenvalue weighted by Crippen LogP contribution is 2.30. The molecule has 1 rings (SSSR count). The van der Waals surface area contributed by atoms with Crippen LogP contribution < -0.4 is 10.5 Å². The number of nitrogens with two attached hydrogens (primary N) is 1. The molecule has 0 spiro atoms. The van der Waals surface area contributed by atoms with Gasteiger partial charge in [0.15, 0.2) is 0 Å². The molecule has 0 saturated carbocycles. The molecule has 0 aromatic heterocycles. The topological polar surface area (TPSA) is 55.5 Å². The molecule has 3 nitrogen and oxygen atoms in total. The third-order valence-electron chi connectivity index (χ3n) is 3.01. The van der Waals surface area contributed by atoms with Gasteiger partial charge in [-0.1, -0.05) is 25.4 Å². The van der Waals surface area contributed by atoms with Gasteiger partial charge in [0.2, 0.25) is 0 Å². The van der Waals surface area contributed by atoms with Crippen LogP contribution in [0.25, 0.3) is 0 Å². The predicted octanol–water partition coefficient (Wildman–Crippen LogP) is 3.15. The van der Waals surface area contributed by atoms with E-state index in [1.807, 2.05) is 0 Å². The van der Waals surface area contributed by atoms with Crippen molar-refractivity contribution >= 4 is 11.6 Å². The number of benzene rings is 1. The summed E-state index contributed by atoms with van der Waals surface area (Å²) in [4.78, 5) is 0. The molecule has 0 aliphatic rings. The molecule has 0 fully saturated rings. The molecular weight excluding hydrogens is 250 g/mol.